The van der Waals surface area contributed by atoms with Crippen molar-refractivity contribution >= 4 is 17.4 Å². The van der Waals surface area contributed by atoms with Gasteiger partial charge in [0.05, 0.1) is 11.0 Å². The van der Waals surface area contributed by atoms with E-state index in [1.165, 1.54) is 18.6 Å². The molecule has 0 saturated carbocycles. The van der Waals surface area contributed by atoms with Crippen LogP contribution in [0.1, 0.15) is 49.8 Å². The zero-order valence-corrected chi connectivity index (χ0v) is 15.0. The molecule has 4 rings (SSSR count). The fourth-order valence-corrected chi connectivity index (χ4v) is 3.92. The molecule has 1 N–H and O–H groups in total. The largest absolute Gasteiger partial charge is 0.322 e. The monoisotopic (exact) mass is 370 g/mol. The SMILES string of the molecule is O=C(Nc1cccc([N+](=O)[O-])c1)N1CCCC1c1nnc2n1CCCCC2. The predicted octanol–water partition coefficient (Wildman–Crippen LogP) is 3.28. The first kappa shape index (κ1) is 17.4. The second kappa shape index (κ2) is 7.34. The third kappa shape index (κ3) is 3.49. The number of carbonyl (C=O) groups excluding carboxylic acids is 1. The molecule has 27 heavy (non-hydrogen) atoms. The minimum atomic E-state index is -0.472. The lowest BCUT2D eigenvalue weighted by molar-refractivity contribution is -0.384. The number of non-ortho nitro benzene ring substituents is 1. The maximum Gasteiger partial charge on any atom is 0.322 e. The van der Waals surface area contributed by atoms with Crippen molar-refractivity contribution in [3.8, 4) is 0 Å². The molecule has 0 radical (unpaired) electrons. The minimum absolute atomic E-state index is 0.0476. The fourth-order valence-electron chi connectivity index (χ4n) is 3.92. The van der Waals surface area contributed by atoms with Crippen LogP contribution < -0.4 is 5.32 Å². The maximum atomic E-state index is 12.8. The Kier molecular flexibility index (Phi) is 4.74. The number of aromatic nitrogens is 3. The lowest BCUT2D eigenvalue weighted by Crippen LogP contribution is -2.35. The quantitative estimate of drug-likeness (QED) is 0.659. The Balaban J connectivity index is 1.53. The number of nitro benzene ring substituents is 1. The molecular formula is C18H22N6O3. The second-order valence-electron chi connectivity index (χ2n) is 7.03. The van der Waals surface area contributed by atoms with Gasteiger partial charge in [0.2, 0.25) is 0 Å². The van der Waals surface area contributed by atoms with Gasteiger partial charge in [-0.05, 0) is 31.7 Å². The van der Waals surface area contributed by atoms with Gasteiger partial charge >= 0.3 is 6.03 Å². The topological polar surface area (TPSA) is 106 Å². The lowest BCUT2D eigenvalue weighted by atomic mass is 10.2. The number of hydrogen-bond donors (Lipinski definition) is 1. The summed E-state index contributed by atoms with van der Waals surface area (Å²) in [6, 6.07) is 5.62. The first-order chi connectivity index (χ1) is 13.1. The Morgan fingerprint density at radius 2 is 2.07 bits per heavy atom. The van der Waals surface area contributed by atoms with E-state index < -0.39 is 4.92 Å². The van der Waals surface area contributed by atoms with Gasteiger partial charge in [0.25, 0.3) is 5.69 Å². The molecular weight excluding hydrogens is 348 g/mol. The Morgan fingerprint density at radius 1 is 1.19 bits per heavy atom. The highest BCUT2D eigenvalue weighted by molar-refractivity contribution is 5.90. The van der Waals surface area contributed by atoms with E-state index in [0.29, 0.717) is 12.2 Å². The standard InChI is InChI=1S/C18H22N6O3/c25-18(19-13-6-4-7-14(12-13)24(26)27)22-11-5-8-15(22)17-21-20-16-9-2-1-3-10-23(16)17/h4,6-7,12,15H,1-3,5,8-11H2,(H,19,25). The van der Waals surface area contributed by atoms with Gasteiger partial charge < -0.3 is 14.8 Å². The van der Waals surface area contributed by atoms with Gasteiger partial charge in [0.1, 0.15) is 5.82 Å². The van der Waals surface area contributed by atoms with E-state index in [9.17, 15) is 14.9 Å². The van der Waals surface area contributed by atoms with Crippen molar-refractivity contribution in [3.63, 3.8) is 0 Å². The number of likely N-dealkylation sites (tertiary alicyclic amines) is 1. The van der Waals surface area contributed by atoms with Gasteiger partial charge in [-0.1, -0.05) is 12.5 Å². The molecule has 1 unspecified atom stereocenters. The minimum Gasteiger partial charge on any atom is -0.314 e. The molecule has 2 aromatic rings. The van der Waals surface area contributed by atoms with E-state index in [1.54, 1.807) is 17.0 Å². The van der Waals surface area contributed by atoms with E-state index in [-0.39, 0.29) is 17.8 Å². The molecule has 1 aromatic heterocycles. The molecule has 1 fully saturated rings. The molecule has 2 aliphatic rings. The summed E-state index contributed by atoms with van der Waals surface area (Å²) in [5.74, 6) is 1.87. The number of urea groups is 1. The summed E-state index contributed by atoms with van der Waals surface area (Å²) < 4.78 is 2.18. The van der Waals surface area contributed by atoms with Gasteiger partial charge in [0.15, 0.2) is 5.82 Å². The average Bonchev–Trinajstić information content (AvgIpc) is 3.23. The van der Waals surface area contributed by atoms with Gasteiger partial charge in [-0.25, -0.2) is 4.79 Å². The molecule has 0 spiro atoms. The van der Waals surface area contributed by atoms with Crippen LogP contribution in [0.4, 0.5) is 16.2 Å². The van der Waals surface area contributed by atoms with Gasteiger partial charge in [-0.3, -0.25) is 10.1 Å². The number of fused-ring (bicyclic) bond motifs is 1. The van der Waals surface area contributed by atoms with Gasteiger partial charge in [0, 0.05) is 37.3 Å². The number of benzene rings is 1. The summed E-state index contributed by atoms with van der Waals surface area (Å²) in [5.41, 5.74) is 0.369. The molecule has 0 aliphatic carbocycles. The first-order valence-corrected chi connectivity index (χ1v) is 9.37. The number of nitrogens with one attached hydrogen (secondary N) is 1. The summed E-state index contributed by atoms with van der Waals surface area (Å²) in [4.78, 5) is 25.0. The predicted molar refractivity (Wildman–Crippen MR) is 98.4 cm³/mol. The second-order valence-corrected chi connectivity index (χ2v) is 7.03. The summed E-state index contributed by atoms with van der Waals surface area (Å²) in [7, 11) is 0. The van der Waals surface area contributed by atoms with E-state index in [0.717, 1.165) is 50.3 Å². The van der Waals surface area contributed by atoms with Crippen LogP contribution in [0.5, 0.6) is 0 Å². The van der Waals surface area contributed by atoms with Crippen LogP contribution in [0.2, 0.25) is 0 Å². The number of amides is 2. The molecule has 1 saturated heterocycles. The molecule has 9 nitrogen and oxygen atoms in total. The van der Waals surface area contributed by atoms with Gasteiger partial charge in [-0.15, -0.1) is 10.2 Å². The van der Waals surface area contributed by atoms with Crippen LogP contribution in [0.3, 0.4) is 0 Å². The first-order valence-electron chi connectivity index (χ1n) is 9.37. The third-order valence-corrected chi connectivity index (χ3v) is 5.26. The molecule has 1 atom stereocenters. The molecule has 9 heteroatoms. The zero-order chi connectivity index (χ0) is 18.8. The number of anilines is 1. The van der Waals surface area contributed by atoms with E-state index in [1.807, 2.05) is 0 Å². The normalized spacial score (nSPS) is 19.4. The maximum absolute atomic E-state index is 12.8. The van der Waals surface area contributed by atoms with Crippen LogP contribution in [0.25, 0.3) is 0 Å². The number of carbonyl (C=O) groups is 1. The average molecular weight is 370 g/mol. The molecule has 0 bridgehead atoms. The molecule has 2 amide bonds. The molecule has 1 aromatic carbocycles. The Labute approximate surface area is 156 Å². The van der Waals surface area contributed by atoms with Crippen LogP contribution in [-0.4, -0.2) is 37.2 Å². The van der Waals surface area contributed by atoms with E-state index in [2.05, 4.69) is 20.1 Å². The zero-order valence-electron chi connectivity index (χ0n) is 15.0. The van der Waals surface area contributed by atoms with Crippen molar-refractivity contribution < 1.29 is 9.72 Å². The van der Waals surface area contributed by atoms with Crippen LogP contribution in [0.15, 0.2) is 24.3 Å². The number of nitrogens with zero attached hydrogens (tertiary/aromatic N) is 5. The van der Waals surface area contributed by atoms with Crippen LogP contribution >= 0.6 is 0 Å². The number of nitro groups is 1. The van der Waals surface area contributed by atoms with Crippen molar-refractivity contribution in [1.29, 1.82) is 0 Å². The summed E-state index contributed by atoms with van der Waals surface area (Å²) in [5, 5.41) is 22.5. The van der Waals surface area contributed by atoms with Crippen molar-refractivity contribution in [1.82, 2.24) is 19.7 Å². The van der Waals surface area contributed by atoms with Crippen LogP contribution in [-0.2, 0) is 13.0 Å². The van der Waals surface area contributed by atoms with E-state index in [4.69, 9.17) is 0 Å². The number of aryl methyl sites for hydroxylation is 1. The lowest BCUT2D eigenvalue weighted by Gasteiger charge is -2.25. The molecule has 142 valence electrons. The summed E-state index contributed by atoms with van der Waals surface area (Å²) >= 11 is 0. The highest BCUT2D eigenvalue weighted by Crippen LogP contribution is 2.33. The Bertz CT molecular complexity index is 865. The number of rotatable bonds is 3. The smallest absolute Gasteiger partial charge is 0.314 e. The van der Waals surface area contributed by atoms with Crippen molar-refractivity contribution in [2.45, 2.75) is 51.1 Å². The summed E-state index contributed by atoms with van der Waals surface area (Å²) in [6.07, 6.45) is 6.09. The molecule has 3 heterocycles. The Hall–Kier alpha value is -2.97. The highest BCUT2D eigenvalue weighted by Gasteiger charge is 2.34. The van der Waals surface area contributed by atoms with Crippen molar-refractivity contribution in [3.05, 3.63) is 46.0 Å². The van der Waals surface area contributed by atoms with Crippen LogP contribution in [0, 0.1) is 10.1 Å². The van der Waals surface area contributed by atoms with E-state index >= 15 is 0 Å². The van der Waals surface area contributed by atoms with Gasteiger partial charge in [-0.2, -0.15) is 0 Å². The molecule has 2 aliphatic heterocycles. The third-order valence-electron chi connectivity index (χ3n) is 5.26. The number of hydrogen-bond acceptors (Lipinski definition) is 5. The Morgan fingerprint density at radius 3 is 2.93 bits per heavy atom. The fraction of sp³-hybridized carbons (Fsp3) is 0.500. The van der Waals surface area contributed by atoms with Crippen molar-refractivity contribution in [2.75, 3.05) is 11.9 Å². The summed E-state index contributed by atoms with van der Waals surface area (Å²) in [6.45, 7) is 1.53. The van der Waals surface area contributed by atoms with Crippen molar-refractivity contribution in [2.24, 2.45) is 0 Å². The highest BCUT2D eigenvalue weighted by atomic mass is 16.6.